The summed E-state index contributed by atoms with van der Waals surface area (Å²) < 4.78 is 6.77. The molecule has 1 amide bonds. The van der Waals surface area contributed by atoms with Crippen molar-refractivity contribution in [3.8, 4) is 17.0 Å². The Bertz CT molecular complexity index is 991. The molecule has 0 aliphatic heterocycles. The van der Waals surface area contributed by atoms with E-state index in [4.69, 9.17) is 4.74 Å². The zero-order valence-corrected chi connectivity index (χ0v) is 14.2. The normalized spacial score (nSPS) is 10.8. The number of imidazole rings is 1. The van der Waals surface area contributed by atoms with Gasteiger partial charge >= 0.3 is 0 Å². The summed E-state index contributed by atoms with van der Waals surface area (Å²) in [5.41, 5.74) is 2.43. The van der Waals surface area contributed by atoms with Crippen LogP contribution in [-0.2, 0) is 0 Å². The van der Waals surface area contributed by atoms with Crippen LogP contribution in [-0.4, -0.2) is 27.6 Å². The zero-order chi connectivity index (χ0) is 17.2. The molecule has 4 rings (SSSR count). The van der Waals surface area contributed by atoms with Gasteiger partial charge in [0.05, 0.1) is 19.0 Å². The number of hydrogen-bond donors (Lipinski definition) is 1. The van der Waals surface area contributed by atoms with Crippen LogP contribution in [0.1, 0.15) is 10.4 Å². The van der Waals surface area contributed by atoms with Crippen molar-refractivity contribution >= 4 is 27.3 Å². The van der Waals surface area contributed by atoms with Crippen LogP contribution in [0.4, 0.5) is 5.13 Å². The maximum Gasteiger partial charge on any atom is 0.257 e. The van der Waals surface area contributed by atoms with E-state index in [0.717, 1.165) is 16.2 Å². The van der Waals surface area contributed by atoms with Crippen molar-refractivity contribution < 1.29 is 9.53 Å². The fourth-order valence-corrected chi connectivity index (χ4v) is 3.19. The minimum absolute atomic E-state index is 0.220. The fraction of sp³-hybridized carbons (Fsp3) is 0.0556. The summed E-state index contributed by atoms with van der Waals surface area (Å²) in [6, 6.07) is 16.8. The Morgan fingerprint density at radius 1 is 1.12 bits per heavy atom. The molecular weight excluding hydrogens is 336 g/mol. The number of ether oxygens (including phenoxy) is 1. The predicted octanol–water partition coefficient (Wildman–Crippen LogP) is 3.72. The minimum atomic E-state index is -0.220. The summed E-state index contributed by atoms with van der Waals surface area (Å²) in [5, 5.41) is 7.67. The van der Waals surface area contributed by atoms with Gasteiger partial charge in [0.25, 0.3) is 5.91 Å². The van der Waals surface area contributed by atoms with Crippen molar-refractivity contribution in [3.05, 3.63) is 66.4 Å². The second kappa shape index (κ2) is 6.37. The van der Waals surface area contributed by atoms with Crippen LogP contribution in [0, 0.1) is 0 Å². The van der Waals surface area contributed by atoms with Crippen LogP contribution in [0.2, 0.25) is 0 Å². The molecule has 0 radical (unpaired) electrons. The lowest BCUT2D eigenvalue weighted by molar-refractivity contribution is 0.102. The highest BCUT2D eigenvalue weighted by Crippen LogP contribution is 2.24. The molecule has 4 aromatic rings. The molecule has 2 heterocycles. The summed E-state index contributed by atoms with van der Waals surface area (Å²) in [7, 11) is 1.59. The molecule has 0 unspecified atom stereocenters. The van der Waals surface area contributed by atoms with Crippen LogP contribution in [0.3, 0.4) is 0 Å². The lowest BCUT2D eigenvalue weighted by Crippen LogP contribution is -2.11. The second-order valence-electron chi connectivity index (χ2n) is 5.31. The van der Waals surface area contributed by atoms with E-state index in [1.54, 1.807) is 35.9 Å². The summed E-state index contributed by atoms with van der Waals surface area (Å²) in [6.45, 7) is 0. The maximum atomic E-state index is 12.3. The van der Waals surface area contributed by atoms with E-state index in [-0.39, 0.29) is 5.91 Å². The third kappa shape index (κ3) is 3.09. The standard InChI is InChI=1S/C18H14N4O2S/c1-24-14-9-7-13(8-10-14)16(23)20-17-21-22-11-15(19-18(22)25-17)12-5-3-2-4-6-12/h2-11H,1H3,(H,20,21,23). The van der Waals surface area contributed by atoms with Gasteiger partial charge < -0.3 is 4.74 Å². The van der Waals surface area contributed by atoms with Gasteiger partial charge in [-0.25, -0.2) is 9.50 Å². The molecular formula is C18H14N4O2S. The molecule has 2 aromatic heterocycles. The summed E-state index contributed by atoms with van der Waals surface area (Å²) in [4.78, 5) is 17.6. The third-order valence-corrected chi connectivity index (χ3v) is 4.52. The van der Waals surface area contributed by atoms with Gasteiger partial charge in [-0.3, -0.25) is 10.1 Å². The number of carbonyl (C=O) groups excluding carboxylic acids is 1. The van der Waals surface area contributed by atoms with Gasteiger partial charge in [0.2, 0.25) is 10.1 Å². The quantitative estimate of drug-likeness (QED) is 0.609. The van der Waals surface area contributed by atoms with Gasteiger partial charge in [-0.2, -0.15) is 0 Å². The van der Waals surface area contributed by atoms with Crippen molar-refractivity contribution in [2.75, 3.05) is 12.4 Å². The molecule has 0 saturated heterocycles. The average Bonchev–Trinajstić information content (AvgIpc) is 3.21. The average molecular weight is 350 g/mol. The minimum Gasteiger partial charge on any atom is -0.497 e. The highest BCUT2D eigenvalue weighted by Gasteiger charge is 2.13. The summed E-state index contributed by atoms with van der Waals surface area (Å²) in [6.07, 6.45) is 1.85. The topological polar surface area (TPSA) is 68.5 Å². The Morgan fingerprint density at radius 3 is 2.56 bits per heavy atom. The van der Waals surface area contributed by atoms with E-state index in [1.165, 1.54) is 11.3 Å². The molecule has 0 saturated carbocycles. The van der Waals surface area contributed by atoms with Crippen molar-refractivity contribution in [1.82, 2.24) is 14.6 Å². The van der Waals surface area contributed by atoms with Crippen LogP contribution in [0.15, 0.2) is 60.8 Å². The number of aromatic nitrogens is 3. The lowest BCUT2D eigenvalue weighted by atomic mass is 10.2. The number of nitrogens with zero attached hydrogens (tertiary/aromatic N) is 3. The molecule has 25 heavy (non-hydrogen) atoms. The Hall–Kier alpha value is -3.19. The SMILES string of the molecule is COc1ccc(C(=O)Nc2nn3cc(-c4ccccc4)nc3s2)cc1. The van der Waals surface area contributed by atoms with Gasteiger partial charge in [0, 0.05) is 11.1 Å². The molecule has 0 aliphatic rings. The van der Waals surface area contributed by atoms with Crippen LogP contribution in [0.25, 0.3) is 16.2 Å². The number of nitrogens with one attached hydrogen (secondary N) is 1. The Labute approximate surface area is 147 Å². The van der Waals surface area contributed by atoms with Crippen molar-refractivity contribution in [3.63, 3.8) is 0 Å². The van der Waals surface area contributed by atoms with Gasteiger partial charge in [0.1, 0.15) is 5.75 Å². The van der Waals surface area contributed by atoms with Crippen LogP contribution >= 0.6 is 11.3 Å². The van der Waals surface area contributed by atoms with Crippen molar-refractivity contribution in [2.24, 2.45) is 0 Å². The summed E-state index contributed by atoms with van der Waals surface area (Å²) >= 11 is 1.33. The predicted molar refractivity (Wildman–Crippen MR) is 97.2 cm³/mol. The summed E-state index contributed by atoms with van der Waals surface area (Å²) in [5.74, 6) is 0.487. The Balaban J connectivity index is 1.54. The molecule has 6 nitrogen and oxygen atoms in total. The van der Waals surface area contributed by atoms with Gasteiger partial charge in [-0.15, -0.1) is 5.10 Å². The molecule has 124 valence electrons. The number of methoxy groups -OCH3 is 1. The highest BCUT2D eigenvalue weighted by atomic mass is 32.1. The molecule has 1 N–H and O–H groups in total. The second-order valence-corrected chi connectivity index (χ2v) is 6.27. The van der Waals surface area contributed by atoms with E-state index >= 15 is 0 Å². The molecule has 0 bridgehead atoms. The number of rotatable bonds is 4. The highest BCUT2D eigenvalue weighted by molar-refractivity contribution is 7.20. The van der Waals surface area contributed by atoms with Crippen LogP contribution < -0.4 is 10.1 Å². The Kier molecular flexibility index (Phi) is 3.91. The third-order valence-electron chi connectivity index (χ3n) is 3.69. The first-order chi connectivity index (χ1) is 12.2. The molecule has 0 atom stereocenters. The first-order valence-electron chi connectivity index (χ1n) is 7.60. The number of amides is 1. The van der Waals surface area contributed by atoms with Crippen LogP contribution in [0.5, 0.6) is 5.75 Å². The molecule has 0 aliphatic carbocycles. The van der Waals surface area contributed by atoms with Gasteiger partial charge in [-0.1, -0.05) is 41.7 Å². The van der Waals surface area contributed by atoms with E-state index < -0.39 is 0 Å². The van der Waals surface area contributed by atoms with Gasteiger partial charge in [-0.05, 0) is 24.3 Å². The van der Waals surface area contributed by atoms with E-state index in [0.29, 0.717) is 16.4 Å². The first-order valence-corrected chi connectivity index (χ1v) is 8.41. The number of fused-ring (bicyclic) bond motifs is 1. The number of carbonyl (C=O) groups is 1. The molecule has 0 fully saturated rings. The van der Waals surface area contributed by atoms with E-state index in [2.05, 4.69) is 15.4 Å². The molecule has 7 heteroatoms. The van der Waals surface area contributed by atoms with Crippen molar-refractivity contribution in [2.45, 2.75) is 0 Å². The number of anilines is 1. The smallest absolute Gasteiger partial charge is 0.257 e. The molecule has 2 aromatic carbocycles. The maximum absolute atomic E-state index is 12.3. The first kappa shape index (κ1) is 15.3. The van der Waals surface area contributed by atoms with Crippen molar-refractivity contribution in [1.29, 1.82) is 0 Å². The Morgan fingerprint density at radius 2 is 1.88 bits per heavy atom. The fourth-order valence-electron chi connectivity index (χ4n) is 2.41. The van der Waals surface area contributed by atoms with Gasteiger partial charge in [0.15, 0.2) is 0 Å². The van der Waals surface area contributed by atoms with E-state index in [9.17, 15) is 4.79 Å². The monoisotopic (exact) mass is 350 g/mol. The molecule has 0 spiro atoms. The zero-order valence-electron chi connectivity index (χ0n) is 13.3. The largest absolute Gasteiger partial charge is 0.497 e. The van der Waals surface area contributed by atoms with E-state index in [1.807, 2.05) is 36.5 Å². The number of hydrogen-bond acceptors (Lipinski definition) is 5. The number of benzene rings is 2. The lowest BCUT2D eigenvalue weighted by Gasteiger charge is -2.03.